The summed E-state index contributed by atoms with van der Waals surface area (Å²) in [5, 5.41) is 3.01. The van der Waals surface area contributed by atoms with Crippen LogP contribution in [0, 0.1) is 0 Å². The second-order valence-electron chi connectivity index (χ2n) is 4.01. The van der Waals surface area contributed by atoms with Gasteiger partial charge in [-0.2, -0.15) is 0 Å². The molecular weight excluding hydrogens is 216 g/mol. The Morgan fingerprint density at radius 2 is 2.00 bits per heavy atom. The lowest BCUT2D eigenvalue weighted by atomic mass is 10.3. The third-order valence-electron chi connectivity index (χ3n) is 2.25. The van der Waals surface area contributed by atoms with Crippen LogP contribution in [0.25, 0.3) is 0 Å². The van der Waals surface area contributed by atoms with Crippen LogP contribution in [0.3, 0.4) is 0 Å². The number of aromatic amines is 1. The van der Waals surface area contributed by atoms with Crippen LogP contribution >= 0.6 is 0 Å². The van der Waals surface area contributed by atoms with E-state index >= 15 is 0 Å². The van der Waals surface area contributed by atoms with Gasteiger partial charge in [0.05, 0.1) is 6.20 Å². The number of anilines is 2. The molecule has 0 aromatic carbocycles. The lowest BCUT2D eigenvalue weighted by Gasteiger charge is -2.07. The van der Waals surface area contributed by atoms with Gasteiger partial charge in [-0.1, -0.05) is 0 Å². The van der Waals surface area contributed by atoms with E-state index in [0.29, 0.717) is 11.9 Å². The lowest BCUT2D eigenvalue weighted by molar-refractivity contribution is 0.412. The summed E-state index contributed by atoms with van der Waals surface area (Å²) in [4.78, 5) is 17.7. The zero-order chi connectivity index (χ0) is 12.1. The fourth-order valence-corrected chi connectivity index (χ4v) is 1.36. The molecule has 2 rings (SSSR count). The Kier molecular flexibility index (Phi) is 3.66. The Bertz CT molecular complexity index is 450. The fraction of sp³-hybridized carbons (Fsp3) is 0.364. The first kappa shape index (κ1) is 11.5. The molecule has 0 aliphatic heterocycles. The molecule has 2 N–H and O–H groups in total. The van der Waals surface area contributed by atoms with Gasteiger partial charge < -0.3 is 9.88 Å². The van der Waals surface area contributed by atoms with Crippen LogP contribution < -0.4 is 5.32 Å². The second kappa shape index (κ2) is 5.40. The summed E-state index contributed by atoms with van der Waals surface area (Å²) >= 11 is 0. The summed E-state index contributed by atoms with van der Waals surface area (Å²) in [6, 6.07) is 1.77. The Morgan fingerprint density at radius 1 is 1.24 bits per heavy atom. The summed E-state index contributed by atoms with van der Waals surface area (Å²) in [5.74, 6) is 1.21. The molecule has 0 unspecified atom stereocenters. The van der Waals surface area contributed by atoms with Crippen LogP contribution in [-0.4, -0.2) is 45.5 Å². The molecule has 0 aliphatic carbocycles. The average Bonchev–Trinajstić information content (AvgIpc) is 2.75. The minimum atomic E-state index is 0.543. The topological polar surface area (TPSA) is 69.7 Å². The van der Waals surface area contributed by atoms with Gasteiger partial charge in [0.1, 0.15) is 0 Å². The van der Waals surface area contributed by atoms with E-state index in [2.05, 4.69) is 30.2 Å². The van der Waals surface area contributed by atoms with Crippen molar-refractivity contribution in [2.24, 2.45) is 0 Å². The minimum Gasteiger partial charge on any atom is -0.328 e. The van der Waals surface area contributed by atoms with Crippen molar-refractivity contribution >= 4 is 11.9 Å². The molecular formula is C11H16N6. The van der Waals surface area contributed by atoms with Crippen LogP contribution in [-0.2, 0) is 6.42 Å². The SMILES string of the molecule is CN(C)CCc1cnc(Nc2ncccn2)[nH]1. The molecule has 0 spiro atoms. The Labute approximate surface area is 100 Å². The highest BCUT2D eigenvalue weighted by molar-refractivity contribution is 5.41. The van der Waals surface area contributed by atoms with Crippen molar-refractivity contribution < 1.29 is 0 Å². The molecule has 6 heteroatoms. The molecule has 90 valence electrons. The number of nitrogens with zero attached hydrogens (tertiary/aromatic N) is 4. The van der Waals surface area contributed by atoms with Crippen LogP contribution in [0.4, 0.5) is 11.9 Å². The average molecular weight is 232 g/mol. The predicted octanol–water partition coefficient (Wildman–Crippen LogP) is 1.05. The number of nitrogens with one attached hydrogen (secondary N) is 2. The van der Waals surface area contributed by atoms with Crippen LogP contribution in [0.1, 0.15) is 5.69 Å². The van der Waals surface area contributed by atoms with Gasteiger partial charge in [0.2, 0.25) is 11.9 Å². The molecule has 0 fully saturated rings. The van der Waals surface area contributed by atoms with Crippen molar-refractivity contribution in [2.75, 3.05) is 26.0 Å². The molecule has 2 heterocycles. The van der Waals surface area contributed by atoms with Gasteiger partial charge in [-0.25, -0.2) is 15.0 Å². The molecule has 0 atom stereocenters. The molecule has 0 aliphatic rings. The summed E-state index contributed by atoms with van der Waals surface area (Å²) in [5.41, 5.74) is 1.09. The van der Waals surface area contributed by atoms with Gasteiger partial charge in [0.25, 0.3) is 0 Å². The molecule has 6 nitrogen and oxygen atoms in total. The predicted molar refractivity (Wildman–Crippen MR) is 66.2 cm³/mol. The maximum atomic E-state index is 4.22. The number of imidazole rings is 1. The first-order valence-electron chi connectivity index (χ1n) is 5.46. The number of H-pyrrole nitrogens is 1. The largest absolute Gasteiger partial charge is 0.328 e. The molecule has 0 bridgehead atoms. The highest BCUT2D eigenvalue weighted by atomic mass is 15.2. The summed E-state index contributed by atoms with van der Waals surface area (Å²) in [7, 11) is 4.10. The van der Waals surface area contributed by atoms with Crippen molar-refractivity contribution in [3.8, 4) is 0 Å². The number of likely N-dealkylation sites (N-methyl/N-ethyl adjacent to an activating group) is 1. The second-order valence-corrected chi connectivity index (χ2v) is 4.01. The van der Waals surface area contributed by atoms with Crippen molar-refractivity contribution in [3.63, 3.8) is 0 Å². The zero-order valence-electron chi connectivity index (χ0n) is 10.0. The third kappa shape index (κ3) is 3.53. The van der Waals surface area contributed by atoms with Crippen LogP contribution in [0.15, 0.2) is 24.7 Å². The van der Waals surface area contributed by atoms with E-state index in [4.69, 9.17) is 0 Å². The summed E-state index contributed by atoms with van der Waals surface area (Å²) in [6.45, 7) is 0.990. The van der Waals surface area contributed by atoms with E-state index in [1.165, 1.54) is 0 Å². The van der Waals surface area contributed by atoms with E-state index in [1.54, 1.807) is 18.5 Å². The van der Waals surface area contributed by atoms with Gasteiger partial charge in [-0.3, -0.25) is 5.32 Å². The fourth-order valence-electron chi connectivity index (χ4n) is 1.36. The number of hydrogen-bond acceptors (Lipinski definition) is 5. The third-order valence-corrected chi connectivity index (χ3v) is 2.25. The van der Waals surface area contributed by atoms with Gasteiger partial charge in [0.15, 0.2) is 0 Å². The van der Waals surface area contributed by atoms with Crippen molar-refractivity contribution in [2.45, 2.75) is 6.42 Å². The lowest BCUT2D eigenvalue weighted by Crippen LogP contribution is -2.15. The standard InChI is InChI=1S/C11H16N6/c1-17(2)7-4-9-8-14-11(15-9)16-10-12-5-3-6-13-10/h3,5-6,8H,4,7H2,1-2H3,(H2,12,13,14,15,16). The van der Waals surface area contributed by atoms with Gasteiger partial charge in [-0.05, 0) is 20.2 Å². The monoisotopic (exact) mass is 232 g/mol. The first-order chi connectivity index (χ1) is 8.24. The number of hydrogen-bond donors (Lipinski definition) is 2. The Morgan fingerprint density at radius 3 is 2.71 bits per heavy atom. The number of rotatable bonds is 5. The highest BCUT2D eigenvalue weighted by Gasteiger charge is 2.02. The van der Waals surface area contributed by atoms with E-state index in [-0.39, 0.29) is 0 Å². The van der Waals surface area contributed by atoms with E-state index < -0.39 is 0 Å². The molecule has 0 saturated heterocycles. The van der Waals surface area contributed by atoms with E-state index in [1.807, 2.05) is 20.3 Å². The molecule has 17 heavy (non-hydrogen) atoms. The molecule has 0 amide bonds. The maximum Gasteiger partial charge on any atom is 0.229 e. The summed E-state index contributed by atoms with van der Waals surface area (Å²) < 4.78 is 0. The molecule has 0 radical (unpaired) electrons. The van der Waals surface area contributed by atoms with E-state index in [9.17, 15) is 0 Å². The highest BCUT2D eigenvalue weighted by Crippen LogP contribution is 2.08. The van der Waals surface area contributed by atoms with Crippen molar-refractivity contribution in [3.05, 3.63) is 30.4 Å². The quantitative estimate of drug-likeness (QED) is 0.806. The Balaban J connectivity index is 1.94. The maximum absolute atomic E-state index is 4.22. The molecule has 2 aromatic rings. The number of aromatic nitrogens is 4. The first-order valence-corrected chi connectivity index (χ1v) is 5.46. The van der Waals surface area contributed by atoms with Crippen molar-refractivity contribution in [1.82, 2.24) is 24.8 Å². The van der Waals surface area contributed by atoms with Gasteiger partial charge in [-0.15, -0.1) is 0 Å². The van der Waals surface area contributed by atoms with Gasteiger partial charge >= 0.3 is 0 Å². The normalized spacial score (nSPS) is 10.8. The van der Waals surface area contributed by atoms with Gasteiger partial charge in [0, 0.05) is 31.1 Å². The van der Waals surface area contributed by atoms with Crippen molar-refractivity contribution in [1.29, 1.82) is 0 Å². The van der Waals surface area contributed by atoms with Crippen LogP contribution in [0.5, 0.6) is 0 Å². The Hall–Kier alpha value is -1.95. The summed E-state index contributed by atoms with van der Waals surface area (Å²) in [6.07, 6.45) is 6.14. The zero-order valence-corrected chi connectivity index (χ0v) is 10.0. The van der Waals surface area contributed by atoms with E-state index in [0.717, 1.165) is 18.7 Å². The molecule has 0 saturated carbocycles. The molecule has 2 aromatic heterocycles. The minimum absolute atomic E-state index is 0.543. The smallest absolute Gasteiger partial charge is 0.229 e. The van der Waals surface area contributed by atoms with Crippen LogP contribution in [0.2, 0.25) is 0 Å².